The monoisotopic (exact) mass is 239 g/mol. The molecular formula is C12H17NO2S. The van der Waals surface area contributed by atoms with Gasteiger partial charge in [0.1, 0.15) is 0 Å². The topological polar surface area (TPSA) is 37.4 Å². The molecule has 1 aliphatic rings. The maximum Gasteiger partial charge on any atom is 0.212 e. The summed E-state index contributed by atoms with van der Waals surface area (Å²) in [6.07, 6.45) is 2.05. The number of hydrogen-bond donors (Lipinski definition) is 0. The minimum atomic E-state index is -3.14. The van der Waals surface area contributed by atoms with Gasteiger partial charge in [0.15, 0.2) is 0 Å². The van der Waals surface area contributed by atoms with Gasteiger partial charge in [-0.2, -0.15) is 4.31 Å². The summed E-state index contributed by atoms with van der Waals surface area (Å²) in [6.45, 7) is 4.44. The van der Waals surface area contributed by atoms with Crippen molar-refractivity contribution < 1.29 is 8.42 Å². The lowest BCUT2D eigenvalue weighted by molar-refractivity contribution is 0.204. The fourth-order valence-corrected chi connectivity index (χ4v) is 3.71. The van der Waals surface area contributed by atoms with Crippen molar-refractivity contribution in [1.82, 2.24) is 4.31 Å². The van der Waals surface area contributed by atoms with Crippen LogP contribution >= 0.6 is 0 Å². The molecule has 4 heteroatoms. The lowest BCUT2D eigenvalue weighted by atomic mass is 9.88. The van der Waals surface area contributed by atoms with Crippen molar-refractivity contribution in [3.63, 3.8) is 0 Å². The van der Waals surface area contributed by atoms with E-state index in [1.807, 2.05) is 32.0 Å². The van der Waals surface area contributed by atoms with Crippen molar-refractivity contribution in [3.05, 3.63) is 35.4 Å². The third-order valence-corrected chi connectivity index (χ3v) is 4.55. The van der Waals surface area contributed by atoms with Gasteiger partial charge in [-0.3, -0.25) is 0 Å². The molecule has 2 rings (SSSR count). The zero-order chi connectivity index (χ0) is 12.0. The molecule has 0 saturated carbocycles. The minimum absolute atomic E-state index is 0.331. The maximum atomic E-state index is 11.7. The summed E-state index contributed by atoms with van der Waals surface area (Å²) in [6, 6.07) is 8.04. The summed E-state index contributed by atoms with van der Waals surface area (Å²) >= 11 is 0. The van der Waals surface area contributed by atoms with Gasteiger partial charge in [-0.05, 0) is 31.4 Å². The molecule has 1 heterocycles. The minimum Gasteiger partial charge on any atom is -0.212 e. The van der Waals surface area contributed by atoms with Crippen LogP contribution in [0.15, 0.2) is 24.3 Å². The first-order chi connectivity index (χ1) is 7.31. The van der Waals surface area contributed by atoms with Gasteiger partial charge >= 0.3 is 0 Å². The largest absolute Gasteiger partial charge is 0.212 e. The normalized spacial score (nSPS) is 20.4. The van der Waals surface area contributed by atoms with Crippen molar-refractivity contribution in [3.8, 4) is 0 Å². The summed E-state index contributed by atoms with van der Waals surface area (Å²) in [7, 11) is -3.14. The molecule has 0 radical (unpaired) electrons. The van der Waals surface area contributed by atoms with Crippen molar-refractivity contribution in [2.24, 2.45) is 0 Å². The Kier molecular flexibility index (Phi) is 2.59. The van der Waals surface area contributed by atoms with Crippen molar-refractivity contribution >= 4 is 10.0 Å². The molecular weight excluding hydrogens is 222 g/mol. The predicted octanol–water partition coefficient (Wildman–Crippen LogP) is 1.78. The van der Waals surface area contributed by atoms with Crippen LogP contribution in [0.5, 0.6) is 0 Å². The summed E-state index contributed by atoms with van der Waals surface area (Å²) < 4.78 is 25.1. The van der Waals surface area contributed by atoms with E-state index in [1.165, 1.54) is 11.8 Å². The van der Waals surface area contributed by atoms with Gasteiger partial charge in [0.2, 0.25) is 10.0 Å². The molecule has 1 aromatic rings. The van der Waals surface area contributed by atoms with Gasteiger partial charge in [-0.25, -0.2) is 8.42 Å². The number of sulfonamides is 1. The highest BCUT2D eigenvalue weighted by Crippen LogP contribution is 2.32. The van der Waals surface area contributed by atoms with E-state index in [0.29, 0.717) is 6.54 Å². The third kappa shape index (κ3) is 1.99. The Bertz CT molecular complexity index is 506. The maximum absolute atomic E-state index is 11.7. The average molecular weight is 239 g/mol. The van der Waals surface area contributed by atoms with E-state index >= 15 is 0 Å². The lowest BCUT2D eigenvalue weighted by Crippen LogP contribution is -2.50. The number of nitrogens with zero attached hydrogens (tertiary/aromatic N) is 1. The Balaban J connectivity index is 2.48. The van der Waals surface area contributed by atoms with Crippen LogP contribution in [-0.2, 0) is 23.0 Å². The van der Waals surface area contributed by atoms with Gasteiger partial charge in [0, 0.05) is 12.1 Å². The summed E-state index contributed by atoms with van der Waals surface area (Å²) in [4.78, 5) is 0. The second-order valence-electron chi connectivity index (χ2n) is 5.03. The van der Waals surface area contributed by atoms with E-state index in [0.717, 1.165) is 12.0 Å². The van der Waals surface area contributed by atoms with Crippen LogP contribution in [0.2, 0.25) is 0 Å². The molecule has 1 aliphatic heterocycles. The standard InChI is InChI=1S/C12H17NO2S/c1-12(2)8-10-6-4-5-7-11(10)9-13(12)16(3,14)15/h4-7H,8-9H2,1-3H3. The molecule has 0 unspecified atom stereocenters. The summed E-state index contributed by atoms with van der Waals surface area (Å²) in [5.74, 6) is 0. The van der Waals surface area contributed by atoms with Gasteiger partial charge in [-0.15, -0.1) is 0 Å². The quantitative estimate of drug-likeness (QED) is 0.749. The molecule has 0 fully saturated rings. The Morgan fingerprint density at radius 1 is 1.19 bits per heavy atom. The van der Waals surface area contributed by atoms with Crippen LogP contribution in [0.4, 0.5) is 0 Å². The fourth-order valence-electron chi connectivity index (χ4n) is 2.37. The third-order valence-electron chi connectivity index (χ3n) is 3.13. The highest BCUT2D eigenvalue weighted by atomic mass is 32.2. The first-order valence-electron chi connectivity index (χ1n) is 5.35. The SMILES string of the molecule is CC1(C)Cc2ccccc2CN1S(C)(=O)=O. The number of hydrogen-bond acceptors (Lipinski definition) is 2. The number of fused-ring (bicyclic) bond motifs is 1. The Morgan fingerprint density at radius 2 is 1.75 bits per heavy atom. The molecule has 0 N–H and O–H groups in total. The highest BCUT2D eigenvalue weighted by Gasteiger charge is 2.37. The number of rotatable bonds is 1. The highest BCUT2D eigenvalue weighted by molar-refractivity contribution is 7.88. The van der Waals surface area contributed by atoms with Crippen LogP contribution in [0, 0.1) is 0 Å². The van der Waals surface area contributed by atoms with Crippen LogP contribution in [0.1, 0.15) is 25.0 Å². The summed E-state index contributed by atoms with van der Waals surface area (Å²) in [5, 5.41) is 0. The van der Waals surface area contributed by atoms with E-state index in [4.69, 9.17) is 0 Å². The molecule has 0 bridgehead atoms. The van der Waals surface area contributed by atoms with Gasteiger partial charge in [0.05, 0.1) is 6.26 Å². The molecule has 3 nitrogen and oxygen atoms in total. The van der Waals surface area contributed by atoms with E-state index in [2.05, 4.69) is 6.07 Å². The zero-order valence-corrected chi connectivity index (χ0v) is 10.7. The second kappa shape index (κ2) is 3.57. The summed E-state index contributed by atoms with van der Waals surface area (Å²) in [5.41, 5.74) is 2.04. The zero-order valence-electron chi connectivity index (χ0n) is 9.90. The van der Waals surface area contributed by atoms with E-state index < -0.39 is 10.0 Å². The molecule has 88 valence electrons. The van der Waals surface area contributed by atoms with Gasteiger partial charge in [0.25, 0.3) is 0 Å². The predicted molar refractivity (Wildman–Crippen MR) is 64.6 cm³/mol. The van der Waals surface area contributed by atoms with Crippen molar-refractivity contribution in [1.29, 1.82) is 0 Å². The molecule has 0 atom stereocenters. The van der Waals surface area contributed by atoms with Crippen molar-refractivity contribution in [2.75, 3.05) is 6.26 Å². The van der Waals surface area contributed by atoms with Crippen LogP contribution in [0.3, 0.4) is 0 Å². The molecule has 16 heavy (non-hydrogen) atoms. The van der Waals surface area contributed by atoms with Crippen molar-refractivity contribution in [2.45, 2.75) is 32.4 Å². The Labute approximate surface area is 97.1 Å². The van der Waals surface area contributed by atoms with E-state index in [9.17, 15) is 8.42 Å². The number of benzene rings is 1. The molecule has 1 aromatic carbocycles. The molecule has 0 amide bonds. The fraction of sp³-hybridized carbons (Fsp3) is 0.500. The Morgan fingerprint density at radius 3 is 2.31 bits per heavy atom. The second-order valence-corrected chi connectivity index (χ2v) is 6.93. The molecule has 0 saturated heterocycles. The van der Waals surface area contributed by atoms with Gasteiger partial charge < -0.3 is 0 Å². The lowest BCUT2D eigenvalue weighted by Gasteiger charge is -2.41. The smallest absolute Gasteiger partial charge is 0.212 e. The molecule has 0 spiro atoms. The van der Waals surface area contributed by atoms with Gasteiger partial charge in [-0.1, -0.05) is 24.3 Å². The van der Waals surface area contributed by atoms with E-state index in [1.54, 1.807) is 4.31 Å². The first kappa shape index (κ1) is 11.6. The van der Waals surface area contributed by atoms with Crippen LogP contribution in [-0.4, -0.2) is 24.5 Å². The van der Waals surface area contributed by atoms with Crippen LogP contribution in [0.25, 0.3) is 0 Å². The Hall–Kier alpha value is -0.870. The first-order valence-corrected chi connectivity index (χ1v) is 7.20. The average Bonchev–Trinajstić information content (AvgIpc) is 2.13. The van der Waals surface area contributed by atoms with Crippen LogP contribution < -0.4 is 0 Å². The molecule has 0 aromatic heterocycles. The van der Waals surface area contributed by atoms with E-state index in [-0.39, 0.29) is 5.54 Å². The molecule has 0 aliphatic carbocycles.